The summed E-state index contributed by atoms with van der Waals surface area (Å²) in [5.41, 5.74) is 2.00. The number of hydrogen-bond acceptors (Lipinski definition) is 3. The Balaban J connectivity index is 1.73. The maximum absolute atomic E-state index is 13.2. The van der Waals surface area contributed by atoms with Gasteiger partial charge in [0, 0.05) is 32.2 Å². The molecule has 2 aromatic carbocycles. The van der Waals surface area contributed by atoms with E-state index in [9.17, 15) is 4.79 Å². The number of carbonyl (C=O) groups is 1. The van der Waals surface area contributed by atoms with Crippen molar-refractivity contribution in [3.05, 3.63) is 69.7 Å². The van der Waals surface area contributed by atoms with Gasteiger partial charge in [0.05, 0.1) is 29.7 Å². The predicted molar refractivity (Wildman–Crippen MR) is 114 cm³/mol. The molecule has 6 heteroatoms. The quantitative estimate of drug-likeness (QED) is 0.669. The van der Waals surface area contributed by atoms with Gasteiger partial charge in [0.25, 0.3) is 0 Å². The van der Waals surface area contributed by atoms with E-state index in [1.54, 1.807) is 12.1 Å². The van der Waals surface area contributed by atoms with Crippen molar-refractivity contribution >= 4 is 29.1 Å². The maximum atomic E-state index is 13.2. The minimum absolute atomic E-state index is 0.0861. The van der Waals surface area contributed by atoms with E-state index in [4.69, 9.17) is 27.9 Å². The van der Waals surface area contributed by atoms with Crippen molar-refractivity contribution in [2.24, 2.45) is 0 Å². The van der Waals surface area contributed by atoms with Crippen LogP contribution in [0, 0.1) is 0 Å². The highest BCUT2D eigenvalue weighted by atomic mass is 35.5. The summed E-state index contributed by atoms with van der Waals surface area (Å²) < 4.78 is 5.44. The first-order valence-electron chi connectivity index (χ1n) is 9.60. The van der Waals surface area contributed by atoms with Crippen LogP contribution in [0.4, 0.5) is 0 Å². The first kappa shape index (κ1) is 21.1. The van der Waals surface area contributed by atoms with Gasteiger partial charge in [0.15, 0.2) is 0 Å². The van der Waals surface area contributed by atoms with E-state index in [-0.39, 0.29) is 11.9 Å². The van der Waals surface area contributed by atoms with Gasteiger partial charge in [-0.1, -0.05) is 59.6 Å². The highest BCUT2D eigenvalue weighted by molar-refractivity contribution is 6.42. The third kappa shape index (κ3) is 5.95. The molecule has 1 fully saturated rings. The molecule has 1 saturated heterocycles. The largest absolute Gasteiger partial charge is 0.379 e. The molecular weight excluding hydrogens is 395 g/mol. The maximum Gasteiger partial charge on any atom is 0.227 e. The first-order valence-corrected chi connectivity index (χ1v) is 10.4. The summed E-state index contributed by atoms with van der Waals surface area (Å²) in [6, 6.07) is 15.6. The van der Waals surface area contributed by atoms with Gasteiger partial charge >= 0.3 is 0 Å². The molecule has 0 radical (unpaired) electrons. The number of ether oxygens (including phenoxy) is 1. The Morgan fingerprint density at radius 1 is 1.07 bits per heavy atom. The Kier molecular flexibility index (Phi) is 7.74. The van der Waals surface area contributed by atoms with E-state index >= 15 is 0 Å². The molecule has 0 spiro atoms. The molecule has 2 aromatic rings. The molecule has 1 amide bonds. The van der Waals surface area contributed by atoms with Crippen molar-refractivity contribution < 1.29 is 9.53 Å². The lowest BCUT2D eigenvalue weighted by atomic mass is 10.1. The second-order valence-corrected chi connectivity index (χ2v) is 8.01. The molecule has 1 aliphatic heterocycles. The minimum atomic E-state index is 0.0861. The molecular formula is C22H26Cl2N2O2. The van der Waals surface area contributed by atoms with Crippen LogP contribution in [0.5, 0.6) is 0 Å². The Hall–Kier alpha value is -1.59. The summed E-state index contributed by atoms with van der Waals surface area (Å²) in [4.78, 5) is 17.5. The topological polar surface area (TPSA) is 32.8 Å². The number of morpholine rings is 1. The number of halogens is 2. The lowest BCUT2D eigenvalue weighted by molar-refractivity contribution is -0.133. The molecule has 0 aliphatic carbocycles. The van der Waals surface area contributed by atoms with E-state index in [0.29, 0.717) is 23.0 Å². The van der Waals surface area contributed by atoms with Crippen molar-refractivity contribution in [1.82, 2.24) is 9.80 Å². The van der Waals surface area contributed by atoms with Crippen molar-refractivity contribution in [2.45, 2.75) is 25.9 Å². The molecule has 1 heterocycles. The molecule has 0 bridgehead atoms. The normalized spacial score (nSPS) is 16.0. The van der Waals surface area contributed by atoms with E-state index in [2.05, 4.69) is 24.0 Å². The Labute approximate surface area is 177 Å². The molecule has 28 heavy (non-hydrogen) atoms. The molecule has 1 unspecified atom stereocenters. The molecule has 0 N–H and O–H groups in total. The van der Waals surface area contributed by atoms with Crippen molar-refractivity contribution in [3.8, 4) is 0 Å². The lowest BCUT2D eigenvalue weighted by Gasteiger charge is -2.35. The van der Waals surface area contributed by atoms with Crippen LogP contribution >= 0.6 is 23.2 Å². The zero-order valence-corrected chi connectivity index (χ0v) is 17.6. The van der Waals surface area contributed by atoms with Crippen LogP contribution in [0.3, 0.4) is 0 Å². The van der Waals surface area contributed by atoms with Gasteiger partial charge < -0.3 is 9.64 Å². The summed E-state index contributed by atoms with van der Waals surface area (Å²) >= 11 is 12.1. The standard InChI is InChI=1S/C22H26Cl2N2O2/c1-17(15-25-9-11-28-12-10-25)26(16-18-5-3-2-4-6-18)22(27)14-19-7-8-20(23)21(24)13-19/h2-8,13,17H,9-12,14-16H2,1H3. The van der Waals surface area contributed by atoms with Crippen molar-refractivity contribution in [1.29, 1.82) is 0 Å². The van der Waals surface area contributed by atoms with Crippen molar-refractivity contribution in [2.75, 3.05) is 32.8 Å². The van der Waals surface area contributed by atoms with Gasteiger partial charge in [0.2, 0.25) is 5.91 Å². The second kappa shape index (κ2) is 10.3. The summed E-state index contributed by atoms with van der Waals surface area (Å²) in [5.74, 6) is 0.0861. The van der Waals surface area contributed by atoms with Crippen LogP contribution in [0.1, 0.15) is 18.1 Å². The fourth-order valence-corrected chi connectivity index (χ4v) is 3.77. The third-order valence-corrected chi connectivity index (χ3v) is 5.75. The Bertz CT molecular complexity index is 779. The number of carbonyl (C=O) groups excluding carboxylic acids is 1. The van der Waals surface area contributed by atoms with E-state index < -0.39 is 0 Å². The van der Waals surface area contributed by atoms with Crippen LogP contribution in [0.15, 0.2) is 48.5 Å². The number of benzene rings is 2. The Morgan fingerprint density at radius 2 is 1.79 bits per heavy atom. The lowest BCUT2D eigenvalue weighted by Crippen LogP contribution is -2.48. The van der Waals surface area contributed by atoms with Gasteiger partial charge in [-0.05, 0) is 30.2 Å². The molecule has 4 nitrogen and oxygen atoms in total. The molecule has 1 atom stereocenters. The van der Waals surface area contributed by atoms with Gasteiger partial charge in [0.1, 0.15) is 0 Å². The van der Waals surface area contributed by atoms with Gasteiger partial charge in [-0.3, -0.25) is 9.69 Å². The van der Waals surface area contributed by atoms with Gasteiger partial charge in [-0.15, -0.1) is 0 Å². The smallest absolute Gasteiger partial charge is 0.227 e. The monoisotopic (exact) mass is 420 g/mol. The second-order valence-electron chi connectivity index (χ2n) is 7.19. The highest BCUT2D eigenvalue weighted by Crippen LogP contribution is 2.23. The average Bonchev–Trinajstić information content (AvgIpc) is 2.70. The van der Waals surface area contributed by atoms with Crippen LogP contribution < -0.4 is 0 Å². The van der Waals surface area contributed by atoms with Crippen LogP contribution in [-0.2, 0) is 22.5 Å². The summed E-state index contributed by atoms with van der Waals surface area (Å²) in [6.45, 7) is 6.86. The zero-order valence-electron chi connectivity index (χ0n) is 16.1. The fraction of sp³-hybridized carbons (Fsp3) is 0.409. The molecule has 0 saturated carbocycles. The summed E-state index contributed by atoms with van der Waals surface area (Å²) in [7, 11) is 0. The highest BCUT2D eigenvalue weighted by Gasteiger charge is 2.24. The Morgan fingerprint density at radius 3 is 2.46 bits per heavy atom. The number of amides is 1. The predicted octanol–water partition coefficient (Wildman–Crippen LogP) is 4.29. The third-order valence-electron chi connectivity index (χ3n) is 5.01. The van der Waals surface area contributed by atoms with E-state index in [1.165, 1.54) is 0 Å². The number of rotatable bonds is 7. The average molecular weight is 421 g/mol. The zero-order chi connectivity index (χ0) is 19.9. The number of nitrogens with zero attached hydrogens (tertiary/aromatic N) is 2. The summed E-state index contributed by atoms with van der Waals surface area (Å²) in [5, 5.41) is 0.975. The fourth-order valence-electron chi connectivity index (χ4n) is 3.45. The van der Waals surface area contributed by atoms with Crippen LogP contribution in [-0.4, -0.2) is 54.6 Å². The van der Waals surface area contributed by atoms with E-state index in [0.717, 1.165) is 44.0 Å². The first-order chi connectivity index (χ1) is 13.5. The molecule has 0 aromatic heterocycles. The van der Waals surface area contributed by atoms with Crippen molar-refractivity contribution in [3.63, 3.8) is 0 Å². The van der Waals surface area contributed by atoms with E-state index in [1.807, 2.05) is 29.2 Å². The van der Waals surface area contributed by atoms with Gasteiger partial charge in [-0.25, -0.2) is 0 Å². The SMILES string of the molecule is CC(CN1CCOCC1)N(Cc1ccccc1)C(=O)Cc1ccc(Cl)c(Cl)c1. The number of hydrogen-bond donors (Lipinski definition) is 0. The summed E-state index contributed by atoms with van der Waals surface area (Å²) in [6.07, 6.45) is 0.303. The molecule has 3 rings (SSSR count). The van der Waals surface area contributed by atoms with Crippen LogP contribution in [0.25, 0.3) is 0 Å². The van der Waals surface area contributed by atoms with Crippen LogP contribution in [0.2, 0.25) is 10.0 Å². The minimum Gasteiger partial charge on any atom is -0.379 e. The van der Waals surface area contributed by atoms with Gasteiger partial charge in [-0.2, -0.15) is 0 Å². The molecule has 1 aliphatic rings. The molecule has 150 valence electrons.